The van der Waals surface area contributed by atoms with Gasteiger partial charge in [-0.2, -0.15) is 0 Å². The molecule has 0 N–H and O–H groups in total. The second kappa shape index (κ2) is 14.3. The van der Waals surface area contributed by atoms with Crippen LogP contribution in [0.2, 0.25) is 0 Å². The molecule has 64 heavy (non-hydrogen) atoms. The molecule has 0 aliphatic carbocycles. The van der Waals surface area contributed by atoms with Gasteiger partial charge in [-0.15, -0.1) is 0 Å². The van der Waals surface area contributed by atoms with Crippen molar-refractivity contribution in [1.82, 2.24) is 4.40 Å². The number of fused-ring (bicyclic) bond motifs is 8. The van der Waals surface area contributed by atoms with Gasteiger partial charge in [0.05, 0.1) is 27.3 Å². The number of benzene rings is 10. The summed E-state index contributed by atoms with van der Waals surface area (Å²) >= 11 is 0. The van der Waals surface area contributed by atoms with Gasteiger partial charge in [0.1, 0.15) is 11.2 Å². The summed E-state index contributed by atoms with van der Waals surface area (Å²) in [6.07, 6.45) is 0. The van der Waals surface area contributed by atoms with Crippen LogP contribution in [0.3, 0.4) is 0 Å². The third-order valence-corrected chi connectivity index (χ3v) is 13.1. The molecule has 0 bridgehead atoms. The third-order valence-electron chi connectivity index (χ3n) is 13.1. The highest BCUT2D eigenvalue weighted by Crippen LogP contribution is 2.42. The summed E-state index contributed by atoms with van der Waals surface area (Å²) in [4.78, 5) is 13.6. The number of aromatic nitrogens is 1. The van der Waals surface area contributed by atoms with Gasteiger partial charge in [0, 0.05) is 27.1 Å². The average Bonchev–Trinajstić information content (AvgIpc) is 3.89. The average molecular weight is 816 g/mol. The largest absolute Gasteiger partial charge is 0.455 e. The first kappa shape index (κ1) is 36.2. The molecular formula is C61H37NO2. The minimum Gasteiger partial charge on any atom is -0.455 e. The zero-order valence-electron chi connectivity index (χ0n) is 34.6. The van der Waals surface area contributed by atoms with E-state index >= 15 is 0 Å². The summed E-state index contributed by atoms with van der Waals surface area (Å²) < 4.78 is 8.92. The lowest BCUT2D eigenvalue weighted by Gasteiger charge is -2.14. The van der Waals surface area contributed by atoms with E-state index in [4.69, 9.17) is 4.42 Å². The maximum atomic E-state index is 13.6. The number of hydrogen-bond donors (Lipinski definition) is 0. The molecule has 13 aromatic rings. The highest BCUT2D eigenvalue weighted by molar-refractivity contribution is 6.23. The van der Waals surface area contributed by atoms with E-state index in [1.54, 1.807) is 0 Å². The first-order chi connectivity index (χ1) is 31.6. The van der Waals surface area contributed by atoms with Crippen LogP contribution in [0.5, 0.6) is 0 Å². The van der Waals surface area contributed by atoms with Gasteiger partial charge in [-0.3, -0.25) is 4.79 Å². The molecule has 0 aliphatic rings. The van der Waals surface area contributed by atoms with Crippen molar-refractivity contribution in [2.45, 2.75) is 0 Å². The minimum absolute atomic E-state index is 0.0207. The molecule has 0 spiro atoms. The van der Waals surface area contributed by atoms with Crippen molar-refractivity contribution < 1.29 is 4.42 Å². The van der Waals surface area contributed by atoms with Crippen molar-refractivity contribution in [1.29, 1.82) is 0 Å². The van der Waals surface area contributed by atoms with Gasteiger partial charge in [-0.05, 0) is 128 Å². The summed E-state index contributed by atoms with van der Waals surface area (Å²) in [5.41, 5.74) is 18.1. The van der Waals surface area contributed by atoms with Crippen LogP contribution in [0.15, 0.2) is 234 Å². The Bertz CT molecular complexity index is 4040. The Morgan fingerprint density at radius 3 is 1.45 bits per heavy atom. The number of rotatable bonds is 6. The molecule has 10 aromatic carbocycles. The first-order valence-corrected chi connectivity index (χ1v) is 21.8. The fraction of sp³-hybridized carbons (Fsp3) is 0. The van der Waals surface area contributed by atoms with E-state index in [1.165, 1.54) is 54.8 Å². The second-order valence-electron chi connectivity index (χ2n) is 16.8. The molecule has 3 aromatic heterocycles. The predicted octanol–water partition coefficient (Wildman–Crippen LogP) is 16.1. The van der Waals surface area contributed by atoms with Crippen LogP contribution in [-0.2, 0) is 0 Å². The zero-order chi connectivity index (χ0) is 42.3. The topological polar surface area (TPSA) is 34.6 Å². The second-order valence-corrected chi connectivity index (χ2v) is 16.8. The Labute approximate surface area is 368 Å². The predicted molar refractivity (Wildman–Crippen MR) is 267 cm³/mol. The number of para-hydroxylation sites is 4. The van der Waals surface area contributed by atoms with E-state index in [2.05, 4.69) is 186 Å². The van der Waals surface area contributed by atoms with Gasteiger partial charge in [-0.25, -0.2) is 0 Å². The van der Waals surface area contributed by atoms with Crippen LogP contribution >= 0.6 is 0 Å². The van der Waals surface area contributed by atoms with Crippen molar-refractivity contribution in [3.63, 3.8) is 0 Å². The van der Waals surface area contributed by atoms with Crippen molar-refractivity contribution in [3.8, 4) is 66.8 Å². The van der Waals surface area contributed by atoms with Crippen molar-refractivity contribution in [2.24, 2.45) is 0 Å². The van der Waals surface area contributed by atoms with Gasteiger partial charge in [-0.1, -0.05) is 158 Å². The molecule has 0 fully saturated rings. The van der Waals surface area contributed by atoms with Crippen molar-refractivity contribution in [3.05, 3.63) is 235 Å². The standard InChI is InChI=1S/C61H37NO2/c63-60-54-22-5-7-28-58(54)64-61-49(23-11-26-55(60)61)45-20-10-19-43(33-45)48-35-46(41-17-8-15-39(31-41)38-13-2-1-3-14-38)34-47(36-48)42-18-9-16-40(32-42)44-29-30-51-53-25-12-24-52-50-21-4-6-27-56(50)62(59(52)53)57(51)37-44/h1-37H. The monoisotopic (exact) mass is 815 g/mol. The van der Waals surface area contributed by atoms with E-state index < -0.39 is 0 Å². The van der Waals surface area contributed by atoms with Gasteiger partial charge < -0.3 is 8.82 Å². The molecule has 0 radical (unpaired) electrons. The lowest BCUT2D eigenvalue weighted by Crippen LogP contribution is -2.02. The van der Waals surface area contributed by atoms with Crippen molar-refractivity contribution >= 4 is 60.0 Å². The normalized spacial score (nSPS) is 11.8. The Morgan fingerprint density at radius 1 is 0.297 bits per heavy atom. The van der Waals surface area contributed by atoms with E-state index in [1.807, 2.05) is 42.5 Å². The molecule has 3 heteroatoms. The summed E-state index contributed by atoms with van der Waals surface area (Å²) in [5, 5.41) is 6.29. The van der Waals surface area contributed by atoms with Gasteiger partial charge in [0.15, 0.2) is 0 Å². The lowest BCUT2D eigenvalue weighted by atomic mass is 9.90. The molecule has 3 heterocycles. The highest BCUT2D eigenvalue weighted by atomic mass is 16.3. The van der Waals surface area contributed by atoms with Gasteiger partial charge in [0.2, 0.25) is 5.43 Å². The Balaban J connectivity index is 0.968. The smallest absolute Gasteiger partial charge is 0.200 e. The minimum atomic E-state index is -0.0207. The molecule has 3 nitrogen and oxygen atoms in total. The molecule has 0 saturated heterocycles. The van der Waals surface area contributed by atoms with Gasteiger partial charge in [0.25, 0.3) is 0 Å². The Kier molecular flexibility index (Phi) is 8.06. The Hall–Kier alpha value is -8.53. The van der Waals surface area contributed by atoms with Crippen molar-refractivity contribution in [2.75, 3.05) is 0 Å². The maximum absolute atomic E-state index is 13.6. The summed E-state index contributed by atoms with van der Waals surface area (Å²) in [6.45, 7) is 0. The zero-order valence-corrected chi connectivity index (χ0v) is 34.6. The Morgan fingerprint density at radius 2 is 0.750 bits per heavy atom. The van der Waals surface area contributed by atoms with Crippen LogP contribution in [0.25, 0.3) is 127 Å². The number of nitrogens with zero attached hydrogens (tertiary/aromatic N) is 1. The fourth-order valence-corrected chi connectivity index (χ4v) is 10.0. The molecule has 0 aliphatic heterocycles. The molecule has 0 unspecified atom stereocenters. The van der Waals surface area contributed by atoms with E-state index in [0.29, 0.717) is 21.9 Å². The summed E-state index contributed by atoms with van der Waals surface area (Å²) in [7, 11) is 0. The molecule has 0 atom stereocenters. The van der Waals surface area contributed by atoms with Crippen LogP contribution < -0.4 is 5.43 Å². The van der Waals surface area contributed by atoms with E-state index in [0.717, 1.165) is 50.1 Å². The molecular weight excluding hydrogens is 779 g/mol. The summed E-state index contributed by atoms with van der Waals surface area (Å²) in [5.74, 6) is 0. The summed E-state index contributed by atoms with van der Waals surface area (Å²) in [6, 6.07) is 79.5. The van der Waals surface area contributed by atoms with E-state index in [9.17, 15) is 4.79 Å². The van der Waals surface area contributed by atoms with Crippen LogP contribution in [0, 0.1) is 0 Å². The molecule has 13 rings (SSSR count). The van der Waals surface area contributed by atoms with Gasteiger partial charge >= 0.3 is 0 Å². The van der Waals surface area contributed by atoms with Crippen LogP contribution in [0.1, 0.15) is 0 Å². The van der Waals surface area contributed by atoms with E-state index in [-0.39, 0.29) is 5.43 Å². The molecule has 298 valence electrons. The lowest BCUT2D eigenvalue weighted by molar-refractivity contribution is 0.661. The van der Waals surface area contributed by atoms with Crippen LogP contribution in [0.4, 0.5) is 0 Å². The maximum Gasteiger partial charge on any atom is 0.200 e. The third kappa shape index (κ3) is 5.72. The number of hydrogen-bond acceptors (Lipinski definition) is 2. The SMILES string of the molecule is O=c1c2ccccc2oc2c(-c3cccc(-c4cc(-c5cccc(-c6ccccc6)c5)cc(-c5cccc(-c6ccc7c8cccc9c%10ccccc%10n(c7c6)c98)c5)c4)c3)cccc12. The molecule has 0 amide bonds. The first-order valence-electron chi connectivity index (χ1n) is 21.8. The quantitative estimate of drug-likeness (QED) is 0.157. The fourth-order valence-electron chi connectivity index (χ4n) is 10.0. The highest BCUT2D eigenvalue weighted by Gasteiger charge is 2.18. The molecule has 0 saturated carbocycles. The van der Waals surface area contributed by atoms with Crippen LogP contribution in [-0.4, -0.2) is 4.40 Å².